The molecular formula is C17H10O5. The second-order valence-corrected chi connectivity index (χ2v) is 4.96. The fraction of sp³-hybridized carbons (Fsp3) is 0. The molecule has 0 spiro atoms. The zero-order chi connectivity index (χ0) is 15.3. The van der Waals surface area contributed by atoms with E-state index >= 15 is 0 Å². The van der Waals surface area contributed by atoms with Crippen LogP contribution in [0.25, 0.3) is 33.3 Å². The first kappa shape index (κ1) is 12.5. The Balaban J connectivity index is 2.13. The third-order valence-electron chi connectivity index (χ3n) is 3.54. The molecule has 108 valence electrons. The van der Waals surface area contributed by atoms with Gasteiger partial charge in [0.1, 0.15) is 28.2 Å². The highest BCUT2D eigenvalue weighted by molar-refractivity contribution is 6.05. The Hall–Kier alpha value is -3.21. The van der Waals surface area contributed by atoms with Crippen molar-refractivity contribution in [3.05, 3.63) is 59.0 Å². The molecule has 0 saturated carbocycles. The predicted octanol–water partition coefficient (Wildman–Crippen LogP) is 3.62. The Labute approximate surface area is 123 Å². The van der Waals surface area contributed by atoms with E-state index in [0.717, 1.165) is 0 Å². The SMILES string of the molecule is O=c1cc(-c2cccc(O)c2)oc2c1c(O)cc1occc12. The molecule has 2 aromatic heterocycles. The zero-order valence-corrected chi connectivity index (χ0v) is 11.2. The number of phenols is 2. The van der Waals surface area contributed by atoms with E-state index in [9.17, 15) is 15.0 Å². The van der Waals surface area contributed by atoms with Gasteiger partial charge in [-0.05, 0) is 18.2 Å². The van der Waals surface area contributed by atoms with Crippen molar-refractivity contribution in [3.63, 3.8) is 0 Å². The van der Waals surface area contributed by atoms with Crippen molar-refractivity contribution in [2.45, 2.75) is 0 Å². The van der Waals surface area contributed by atoms with Crippen molar-refractivity contribution < 1.29 is 19.0 Å². The molecule has 2 N–H and O–H groups in total. The van der Waals surface area contributed by atoms with Crippen LogP contribution in [-0.4, -0.2) is 10.2 Å². The van der Waals surface area contributed by atoms with Crippen molar-refractivity contribution in [2.24, 2.45) is 0 Å². The number of hydrogen-bond acceptors (Lipinski definition) is 5. The minimum atomic E-state index is -0.361. The molecule has 0 unspecified atom stereocenters. The van der Waals surface area contributed by atoms with Crippen molar-refractivity contribution in [1.29, 1.82) is 0 Å². The monoisotopic (exact) mass is 294 g/mol. The molecule has 0 aliphatic rings. The van der Waals surface area contributed by atoms with E-state index in [1.54, 1.807) is 18.2 Å². The summed E-state index contributed by atoms with van der Waals surface area (Å²) in [5.41, 5.74) is 0.898. The van der Waals surface area contributed by atoms with Crippen LogP contribution in [0, 0.1) is 0 Å². The summed E-state index contributed by atoms with van der Waals surface area (Å²) in [5.74, 6) is 0.194. The summed E-state index contributed by atoms with van der Waals surface area (Å²) >= 11 is 0. The van der Waals surface area contributed by atoms with Crippen LogP contribution in [0.5, 0.6) is 11.5 Å². The quantitative estimate of drug-likeness (QED) is 0.560. The standard InChI is InChI=1S/C17H10O5/c18-10-3-1-2-9(6-10)14-7-12(19)16-13(20)8-15-11(4-5-21-15)17(16)22-14/h1-8,18,20H. The average molecular weight is 294 g/mol. The molecule has 2 heterocycles. The molecule has 0 atom stereocenters. The Kier molecular flexibility index (Phi) is 2.50. The largest absolute Gasteiger partial charge is 0.508 e. The smallest absolute Gasteiger partial charge is 0.197 e. The van der Waals surface area contributed by atoms with Crippen LogP contribution in [0.1, 0.15) is 0 Å². The van der Waals surface area contributed by atoms with E-state index in [2.05, 4.69) is 0 Å². The van der Waals surface area contributed by atoms with E-state index in [4.69, 9.17) is 8.83 Å². The fourth-order valence-corrected chi connectivity index (χ4v) is 2.54. The van der Waals surface area contributed by atoms with Crippen LogP contribution in [0.15, 0.2) is 62.4 Å². The van der Waals surface area contributed by atoms with Gasteiger partial charge in [0.15, 0.2) is 11.0 Å². The molecular weight excluding hydrogens is 284 g/mol. The molecule has 0 aliphatic heterocycles. The van der Waals surface area contributed by atoms with E-state index in [1.165, 1.54) is 30.5 Å². The maximum Gasteiger partial charge on any atom is 0.197 e. The van der Waals surface area contributed by atoms with Crippen LogP contribution in [0.2, 0.25) is 0 Å². The highest BCUT2D eigenvalue weighted by Gasteiger charge is 2.15. The Morgan fingerprint density at radius 3 is 2.68 bits per heavy atom. The highest BCUT2D eigenvalue weighted by Crippen LogP contribution is 2.34. The van der Waals surface area contributed by atoms with E-state index < -0.39 is 0 Å². The van der Waals surface area contributed by atoms with Crippen LogP contribution < -0.4 is 5.43 Å². The molecule has 0 radical (unpaired) electrons. The van der Waals surface area contributed by atoms with Gasteiger partial charge in [0, 0.05) is 17.7 Å². The number of rotatable bonds is 1. The number of furan rings is 1. The van der Waals surface area contributed by atoms with Crippen molar-refractivity contribution in [3.8, 4) is 22.8 Å². The maximum absolute atomic E-state index is 12.3. The summed E-state index contributed by atoms with van der Waals surface area (Å²) in [6.07, 6.45) is 1.46. The molecule has 0 aliphatic carbocycles. The van der Waals surface area contributed by atoms with E-state index in [0.29, 0.717) is 22.3 Å². The van der Waals surface area contributed by atoms with Gasteiger partial charge in [0.25, 0.3) is 0 Å². The number of phenolic OH excluding ortho intramolecular Hbond substituents is 2. The molecule has 2 aromatic carbocycles. The summed E-state index contributed by atoms with van der Waals surface area (Å²) in [5, 5.41) is 20.3. The average Bonchev–Trinajstić information content (AvgIpc) is 2.95. The van der Waals surface area contributed by atoms with Crippen molar-refractivity contribution >= 4 is 21.9 Å². The maximum atomic E-state index is 12.3. The first-order chi connectivity index (χ1) is 10.6. The number of aromatic hydroxyl groups is 2. The molecule has 0 bridgehead atoms. The van der Waals surface area contributed by atoms with Crippen LogP contribution in [0.3, 0.4) is 0 Å². The lowest BCUT2D eigenvalue weighted by Gasteiger charge is -2.05. The van der Waals surface area contributed by atoms with Gasteiger partial charge in [-0.2, -0.15) is 0 Å². The molecule has 4 aromatic rings. The topological polar surface area (TPSA) is 83.8 Å². The predicted molar refractivity (Wildman–Crippen MR) is 81.0 cm³/mol. The van der Waals surface area contributed by atoms with Gasteiger partial charge in [0.05, 0.1) is 11.6 Å². The van der Waals surface area contributed by atoms with E-state index in [-0.39, 0.29) is 27.9 Å². The molecule has 0 fully saturated rings. The van der Waals surface area contributed by atoms with Gasteiger partial charge in [-0.3, -0.25) is 4.79 Å². The summed E-state index contributed by atoms with van der Waals surface area (Å²) in [6, 6.07) is 10.8. The molecule has 4 rings (SSSR count). The zero-order valence-electron chi connectivity index (χ0n) is 11.2. The lowest BCUT2D eigenvalue weighted by atomic mass is 10.1. The second kappa shape index (κ2) is 4.39. The number of fused-ring (bicyclic) bond motifs is 3. The summed E-state index contributed by atoms with van der Waals surface area (Å²) in [6.45, 7) is 0. The minimum Gasteiger partial charge on any atom is -0.508 e. The van der Waals surface area contributed by atoms with Crippen LogP contribution in [-0.2, 0) is 0 Å². The van der Waals surface area contributed by atoms with Gasteiger partial charge >= 0.3 is 0 Å². The van der Waals surface area contributed by atoms with Gasteiger partial charge in [-0.25, -0.2) is 0 Å². The summed E-state index contributed by atoms with van der Waals surface area (Å²) in [4.78, 5) is 12.3. The molecule has 5 heteroatoms. The lowest BCUT2D eigenvalue weighted by molar-refractivity contribution is 0.474. The van der Waals surface area contributed by atoms with Crippen LogP contribution in [0.4, 0.5) is 0 Å². The first-order valence-corrected chi connectivity index (χ1v) is 6.60. The van der Waals surface area contributed by atoms with Gasteiger partial charge in [-0.15, -0.1) is 0 Å². The Bertz CT molecular complexity index is 1070. The molecule has 22 heavy (non-hydrogen) atoms. The number of hydrogen-bond donors (Lipinski definition) is 2. The van der Waals surface area contributed by atoms with Crippen LogP contribution >= 0.6 is 0 Å². The van der Waals surface area contributed by atoms with Gasteiger partial charge < -0.3 is 19.0 Å². The molecule has 0 amide bonds. The Morgan fingerprint density at radius 1 is 1.00 bits per heavy atom. The highest BCUT2D eigenvalue weighted by atomic mass is 16.3. The van der Waals surface area contributed by atoms with Crippen molar-refractivity contribution in [1.82, 2.24) is 0 Å². The molecule has 0 saturated heterocycles. The fourth-order valence-electron chi connectivity index (χ4n) is 2.54. The first-order valence-electron chi connectivity index (χ1n) is 6.60. The lowest BCUT2D eigenvalue weighted by Crippen LogP contribution is -2.00. The van der Waals surface area contributed by atoms with Gasteiger partial charge in [0.2, 0.25) is 0 Å². The third kappa shape index (κ3) is 1.76. The third-order valence-corrected chi connectivity index (χ3v) is 3.54. The minimum absolute atomic E-state index is 0.0737. The normalized spacial score (nSPS) is 11.3. The number of benzene rings is 2. The van der Waals surface area contributed by atoms with Gasteiger partial charge in [-0.1, -0.05) is 12.1 Å². The van der Waals surface area contributed by atoms with Crippen molar-refractivity contribution in [2.75, 3.05) is 0 Å². The summed E-state index contributed by atoms with van der Waals surface area (Å²) in [7, 11) is 0. The summed E-state index contributed by atoms with van der Waals surface area (Å²) < 4.78 is 11.1. The molecule has 5 nitrogen and oxygen atoms in total. The second-order valence-electron chi connectivity index (χ2n) is 4.96. The Morgan fingerprint density at radius 2 is 1.86 bits per heavy atom. The van der Waals surface area contributed by atoms with E-state index in [1.807, 2.05) is 0 Å².